The van der Waals surface area contributed by atoms with E-state index in [-0.39, 0.29) is 5.57 Å². The van der Waals surface area contributed by atoms with Crippen molar-refractivity contribution < 1.29 is 23.8 Å². The molecule has 4 rings (SSSR count). The number of aryl methyl sites for hydroxylation is 1. The minimum atomic E-state index is -0.457. The van der Waals surface area contributed by atoms with E-state index >= 15 is 0 Å². The van der Waals surface area contributed by atoms with Crippen molar-refractivity contribution in [3.63, 3.8) is 0 Å². The predicted octanol–water partition coefficient (Wildman–Crippen LogP) is 4.31. The number of ether oxygens (including phenoxy) is 3. The molecule has 0 bridgehead atoms. The fourth-order valence-electron chi connectivity index (χ4n) is 3.44. The molecule has 174 valence electrons. The molecule has 34 heavy (non-hydrogen) atoms. The standard InChI is InChI=1S/C27H26N2O5/c1-19-9-12-22(13-10-19)33-15-6-16-34-24-14-11-20(18-25(24)32-2)17-23-26(30)28-29(27(23)31)21-7-4-3-5-8-21/h3-5,7-14,17-18H,6,15-16H2,1-2H3,(H,28,30). The number of hydrazine groups is 1. The second kappa shape index (κ2) is 10.6. The van der Waals surface area contributed by atoms with Gasteiger partial charge in [-0.2, -0.15) is 0 Å². The van der Waals surface area contributed by atoms with Crippen LogP contribution in [0.5, 0.6) is 17.2 Å². The van der Waals surface area contributed by atoms with Crippen LogP contribution in [0.15, 0.2) is 78.4 Å². The molecule has 3 aromatic carbocycles. The molecule has 0 unspecified atom stereocenters. The summed E-state index contributed by atoms with van der Waals surface area (Å²) < 4.78 is 17.0. The molecule has 1 aliphatic rings. The number of carbonyl (C=O) groups is 2. The Labute approximate surface area is 198 Å². The van der Waals surface area contributed by atoms with Crippen molar-refractivity contribution in [2.75, 3.05) is 25.3 Å². The summed E-state index contributed by atoms with van der Waals surface area (Å²) in [7, 11) is 1.55. The third kappa shape index (κ3) is 5.38. The third-order valence-corrected chi connectivity index (χ3v) is 5.24. The molecule has 1 saturated heterocycles. The Morgan fingerprint density at radius 2 is 1.62 bits per heavy atom. The molecule has 0 saturated carbocycles. The lowest BCUT2D eigenvalue weighted by Crippen LogP contribution is -2.35. The highest BCUT2D eigenvalue weighted by Crippen LogP contribution is 2.30. The molecule has 1 aliphatic heterocycles. The first-order chi connectivity index (χ1) is 16.5. The first kappa shape index (κ1) is 22.9. The highest BCUT2D eigenvalue weighted by atomic mass is 16.5. The molecule has 7 heteroatoms. The van der Waals surface area contributed by atoms with Crippen LogP contribution in [0.1, 0.15) is 17.5 Å². The van der Waals surface area contributed by atoms with E-state index in [4.69, 9.17) is 14.2 Å². The Morgan fingerprint density at radius 1 is 0.882 bits per heavy atom. The summed E-state index contributed by atoms with van der Waals surface area (Å²) in [6.45, 7) is 3.02. The van der Waals surface area contributed by atoms with Gasteiger partial charge in [0.2, 0.25) is 0 Å². The van der Waals surface area contributed by atoms with E-state index in [9.17, 15) is 9.59 Å². The number of amides is 2. The van der Waals surface area contributed by atoms with Gasteiger partial charge in [0.05, 0.1) is 26.0 Å². The molecule has 0 spiro atoms. The van der Waals surface area contributed by atoms with Gasteiger partial charge >= 0.3 is 0 Å². The number of carbonyl (C=O) groups excluding carboxylic acids is 2. The molecular weight excluding hydrogens is 432 g/mol. The number of methoxy groups -OCH3 is 1. The van der Waals surface area contributed by atoms with Crippen LogP contribution in [-0.2, 0) is 9.59 Å². The summed E-state index contributed by atoms with van der Waals surface area (Å²) in [4.78, 5) is 25.2. The molecule has 2 amide bonds. The van der Waals surface area contributed by atoms with Crippen molar-refractivity contribution in [3.8, 4) is 17.2 Å². The van der Waals surface area contributed by atoms with Gasteiger partial charge in [-0.15, -0.1) is 0 Å². The van der Waals surface area contributed by atoms with E-state index in [0.29, 0.717) is 42.4 Å². The van der Waals surface area contributed by atoms with Crippen molar-refractivity contribution in [1.82, 2.24) is 5.43 Å². The van der Waals surface area contributed by atoms with Crippen LogP contribution in [0.2, 0.25) is 0 Å². The van der Waals surface area contributed by atoms with E-state index in [0.717, 1.165) is 5.75 Å². The SMILES string of the molecule is COc1cc(C=C2C(=O)NN(c3ccccc3)C2=O)ccc1OCCCOc1ccc(C)cc1. The van der Waals surface area contributed by atoms with Crippen molar-refractivity contribution in [1.29, 1.82) is 0 Å². The lowest BCUT2D eigenvalue weighted by Gasteiger charge is -2.14. The van der Waals surface area contributed by atoms with Gasteiger partial charge in [0.15, 0.2) is 11.5 Å². The maximum absolute atomic E-state index is 12.8. The van der Waals surface area contributed by atoms with Crippen LogP contribution in [0.3, 0.4) is 0 Å². The maximum atomic E-state index is 12.8. The smallest absolute Gasteiger partial charge is 0.282 e. The van der Waals surface area contributed by atoms with Crippen LogP contribution < -0.4 is 24.6 Å². The predicted molar refractivity (Wildman–Crippen MR) is 130 cm³/mol. The molecule has 3 aromatic rings. The monoisotopic (exact) mass is 458 g/mol. The van der Waals surface area contributed by atoms with Crippen molar-refractivity contribution in [2.45, 2.75) is 13.3 Å². The molecule has 0 radical (unpaired) electrons. The number of rotatable bonds is 9. The maximum Gasteiger partial charge on any atom is 0.282 e. The van der Waals surface area contributed by atoms with Gasteiger partial charge in [0, 0.05) is 6.42 Å². The minimum absolute atomic E-state index is 0.0489. The zero-order chi connectivity index (χ0) is 23.9. The Bertz CT molecular complexity index is 1190. The van der Waals surface area contributed by atoms with Crippen LogP contribution in [0.4, 0.5) is 5.69 Å². The second-order valence-corrected chi connectivity index (χ2v) is 7.75. The highest BCUT2D eigenvalue weighted by Gasteiger charge is 2.34. The molecule has 7 nitrogen and oxygen atoms in total. The Kier molecular flexibility index (Phi) is 7.13. The van der Waals surface area contributed by atoms with Gasteiger partial charge in [-0.05, 0) is 55.0 Å². The summed E-state index contributed by atoms with van der Waals surface area (Å²) in [6, 6.07) is 22.1. The molecule has 0 aromatic heterocycles. The molecule has 0 atom stereocenters. The Morgan fingerprint density at radius 3 is 2.35 bits per heavy atom. The lowest BCUT2D eigenvalue weighted by molar-refractivity contribution is -0.117. The van der Waals surface area contributed by atoms with Gasteiger partial charge in [-0.3, -0.25) is 15.0 Å². The third-order valence-electron chi connectivity index (χ3n) is 5.24. The van der Waals surface area contributed by atoms with Gasteiger partial charge in [-0.25, -0.2) is 5.01 Å². The van der Waals surface area contributed by atoms with Gasteiger partial charge in [-0.1, -0.05) is 42.0 Å². The first-order valence-electron chi connectivity index (χ1n) is 11.0. The van der Waals surface area contributed by atoms with Gasteiger partial charge < -0.3 is 14.2 Å². The molecule has 1 fully saturated rings. The minimum Gasteiger partial charge on any atom is -0.493 e. The average Bonchev–Trinajstić information content (AvgIpc) is 3.14. The Hall–Kier alpha value is -4.26. The highest BCUT2D eigenvalue weighted by molar-refractivity contribution is 6.31. The molecule has 1 heterocycles. The first-order valence-corrected chi connectivity index (χ1v) is 11.0. The number of hydrogen-bond acceptors (Lipinski definition) is 5. The number of nitrogens with one attached hydrogen (secondary N) is 1. The zero-order valence-corrected chi connectivity index (χ0v) is 19.1. The quantitative estimate of drug-likeness (QED) is 0.294. The van der Waals surface area contributed by atoms with Crippen molar-refractivity contribution in [3.05, 3.63) is 89.5 Å². The summed E-state index contributed by atoms with van der Waals surface area (Å²) in [5, 5.41) is 1.24. The fraction of sp³-hybridized carbons (Fsp3) is 0.185. The topological polar surface area (TPSA) is 77.1 Å². The van der Waals surface area contributed by atoms with Crippen molar-refractivity contribution in [2.24, 2.45) is 0 Å². The summed E-state index contributed by atoms with van der Waals surface area (Å²) in [5.41, 5.74) is 5.08. The van der Waals surface area contributed by atoms with Crippen molar-refractivity contribution >= 4 is 23.6 Å². The zero-order valence-electron chi connectivity index (χ0n) is 19.1. The molecular formula is C27H26N2O5. The largest absolute Gasteiger partial charge is 0.493 e. The van der Waals surface area contributed by atoms with Crippen LogP contribution in [0.25, 0.3) is 6.08 Å². The van der Waals surface area contributed by atoms with Crippen LogP contribution in [0, 0.1) is 6.92 Å². The van der Waals surface area contributed by atoms with Crippen LogP contribution >= 0.6 is 0 Å². The van der Waals surface area contributed by atoms with Crippen LogP contribution in [-0.4, -0.2) is 32.1 Å². The van der Waals surface area contributed by atoms with E-state index in [1.165, 1.54) is 10.6 Å². The average molecular weight is 459 g/mol. The molecule has 0 aliphatic carbocycles. The van der Waals surface area contributed by atoms with E-state index in [1.54, 1.807) is 55.7 Å². The van der Waals surface area contributed by atoms with E-state index in [2.05, 4.69) is 5.43 Å². The summed E-state index contributed by atoms with van der Waals surface area (Å²) in [5.74, 6) is 1.05. The normalized spacial score (nSPS) is 14.3. The number of hydrogen-bond donors (Lipinski definition) is 1. The number of benzene rings is 3. The number of para-hydroxylation sites is 1. The van der Waals surface area contributed by atoms with E-state index < -0.39 is 11.8 Å². The van der Waals surface area contributed by atoms with E-state index in [1.807, 2.05) is 37.3 Å². The Balaban J connectivity index is 1.37. The summed E-state index contributed by atoms with van der Waals surface area (Å²) >= 11 is 0. The summed E-state index contributed by atoms with van der Waals surface area (Å²) in [6.07, 6.45) is 2.25. The number of nitrogens with zero attached hydrogens (tertiary/aromatic N) is 1. The lowest BCUT2D eigenvalue weighted by atomic mass is 10.1. The van der Waals surface area contributed by atoms with Gasteiger partial charge in [0.25, 0.3) is 11.8 Å². The van der Waals surface area contributed by atoms with Gasteiger partial charge in [0.1, 0.15) is 11.3 Å². The fourth-order valence-corrected chi connectivity index (χ4v) is 3.44. The second-order valence-electron chi connectivity index (χ2n) is 7.75. The molecule has 1 N–H and O–H groups in total. The number of anilines is 1.